The quantitative estimate of drug-likeness (QED) is 0.684. The first kappa shape index (κ1) is 14.9. The first-order valence-electron chi connectivity index (χ1n) is 5.65. The van der Waals surface area contributed by atoms with E-state index in [2.05, 4.69) is 58.9 Å². The van der Waals surface area contributed by atoms with Gasteiger partial charge >= 0.3 is 0 Å². The molecule has 0 unspecified atom stereocenters. The Hall–Kier alpha value is -0.120. The molecule has 0 aromatic heterocycles. The van der Waals surface area contributed by atoms with Gasteiger partial charge in [0.1, 0.15) is 0 Å². The smallest absolute Gasteiger partial charge is 0.0645 e. The van der Waals surface area contributed by atoms with Gasteiger partial charge in [0.15, 0.2) is 0 Å². The average Bonchev–Trinajstić information content (AvgIpc) is 2.00. The van der Waals surface area contributed by atoms with E-state index in [9.17, 15) is 0 Å². The van der Waals surface area contributed by atoms with Crippen LogP contribution in [0.1, 0.15) is 34.6 Å². The Kier molecular flexibility index (Phi) is 5.78. The molecule has 0 saturated heterocycles. The summed E-state index contributed by atoms with van der Waals surface area (Å²) in [4.78, 5) is 2.18. The lowest BCUT2D eigenvalue weighted by atomic mass is 10.1. The van der Waals surface area contributed by atoms with Crippen LogP contribution in [0, 0.1) is 0 Å². The molecule has 0 heterocycles. The van der Waals surface area contributed by atoms with Gasteiger partial charge in [0.05, 0.1) is 13.2 Å². The number of rotatable bonds is 6. The third kappa shape index (κ3) is 7.77. The summed E-state index contributed by atoms with van der Waals surface area (Å²) in [6.45, 7) is 13.3. The van der Waals surface area contributed by atoms with Gasteiger partial charge in [-0.2, -0.15) is 0 Å². The topological polar surface area (TPSA) is 24.5 Å². The van der Waals surface area contributed by atoms with Crippen LogP contribution in [-0.2, 0) is 4.74 Å². The Balaban J connectivity index is 3.55. The van der Waals surface area contributed by atoms with Crippen molar-refractivity contribution in [1.29, 1.82) is 0 Å². The molecule has 0 aliphatic heterocycles. The van der Waals surface area contributed by atoms with Crippen LogP contribution in [0.15, 0.2) is 0 Å². The van der Waals surface area contributed by atoms with Crippen LogP contribution in [0.2, 0.25) is 0 Å². The summed E-state index contributed by atoms with van der Waals surface area (Å²) < 4.78 is 5.65. The molecule has 3 heteroatoms. The number of nitrogens with one attached hydrogen (secondary N) is 1. The number of likely N-dealkylation sites (N-methyl/N-ethyl adjacent to an activating group) is 1. The van der Waals surface area contributed by atoms with Gasteiger partial charge in [-0.15, -0.1) is 0 Å². The Morgan fingerprint density at radius 2 is 1.60 bits per heavy atom. The van der Waals surface area contributed by atoms with Crippen LogP contribution in [-0.4, -0.2) is 49.8 Å². The largest absolute Gasteiger partial charge is 0.378 e. The Labute approximate surface area is 95.2 Å². The maximum absolute atomic E-state index is 5.65. The van der Waals surface area contributed by atoms with Gasteiger partial charge in [0, 0.05) is 17.6 Å². The van der Waals surface area contributed by atoms with E-state index >= 15 is 0 Å². The van der Waals surface area contributed by atoms with E-state index in [1.54, 1.807) is 0 Å². The molecule has 0 saturated carbocycles. The molecule has 0 aromatic carbocycles. The van der Waals surface area contributed by atoms with Crippen molar-refractivity contribution in [3.05, 3.63) is 0 Å². The predicted octanol–water partition coefficient (Wildman–Crippen LogP) is 1.73. The van der Waals surface area contributed by atoms with Crippen LogP contribution in [0.25, 0.3) is 0 Å². The minimum atomic E-state index is 0.113. The van der Waals surface area contributed by atoms with Crippen molar-refractivity contribution in [3.8, 4) is 0 Å². The summed E-state index contributed by atoms with van der Waals surface area (Å²) in [7, 11) is 4.16. The average molecular weight is 216 g/mol. The first-order valence-corrected chi connectivity index (χ1v) is 5.65. The van der Waals surface area contributed by atoms with Crippen LogP contribution in [0.3, 0.4) is 0 Å². The van der Waals surface area contributed by atoms with E-state index in [4.69, 9.17) is 4.74 Å². The van der Waals surface area contributed by atoms with Crippen molar-refractivity contribution in [3.63, 3.8) is 0 Å². The minimum absolute atomic E-state index is 0.113. The molecule has 1 N–H and O–H groups in total. The first-order chi connectivity index (χ1) is 6.65. The summed E-state index contributed by atoms with van der Waals surface area (Å²) in [5.74, 6) is 0. The van der Waals surface area contributed by atoms with E-state index in [0.717, 1.165) is 19.8 Å². The molecule has 0 rings (SSSR count). The number of hydrogen-bond acceptors (Lipinski definition) is 3. The Morgan fingerprint density at radius 3 is 2.00 bits per heavy atom. The summed E-state index contributed by atoms with van der Waals surface area (Å²) in [5.41, 5.74) is 0.294. The maximum Gasteiger partial charge on any atom is 0.0645 e. The fourth-order valence-corrected chi connectivity index (χ4v) is 0.949. The molecule has 15 heavy (non-hydrogen) atoms. The standard InChI is InChI=1S/C12H28N2O/c1-11(2,3)13-8-9-15-10-12(4,5)14(6)7/h13H,8-10H2,1-7H3. The normalized spacial score (nSPS) is 13.6. The van der Waals surface area contributed by atoms with Crippen molar-refractivity contribution in [2.45, 2.75) is 45.7 Å². The van der Waals surface area contributed by atoms with E-state index in [0.29, 0.717) is 0 Å². The molecule has 0 amide bonds. The molecule has 0 aliphatic carbocycles. The van der Waals surface area contributed by atoms with Gasteiger partial charge in [-0.05, 0) is 48.7 Å². The van der Waals surface area contributed by atoms with Crippen molar-refractivity contribution in [2.24, 2.45) is 0 Å². The molecular weight excluding hydrogens is 188 g/mol. The highest BCUT2D eigenvalue weighted by molar-refractivity contribution is 4.76. The van der Waals surface area contributed by atoms with Gasteiger partial charge < -0.3 is 15.0 Å². The summed E-state index contributed by atoms with van der Waals surface area (Å²) >= 11 is 0. The minimum Gasteiger partial charge on any atom is -0.378 e. The second kappa shape index (κ2) is 5.83. The molecule has 0 bridgehead atoms. The highest BCUT2D eigenvalue weighted by Crippen LogP contribution is 2.09. The molecular formula is C12H28N2O. The zero-order valence-electron chi connectivity index (χ0n) is 11.5. The summed E-state index contributed by atoms with van der Waals surface area (Å²) in [6, 6.07) is 0. The van der Waals surface area contributed by atoms with E-state index in [1.807, 2.05) is 0 Å². The molecule has 0 fully saturated rings. The fraction of sp³-hybridized carbons (Fsp3) is 1.00. The molecule has 0 aliphatic rings. The monoisotopic (exact) mass is 216 g/mol. The fourth-order valence-electron chi connectivity index (χ4n) is 0.949. The van der Waals surface area contributed by atoms with Gasteiger partial charge in [0.2, 0.25) is 0 Å². The van der Waals surface area contributed by atoms with Crippen molar-refractivity contribution in [1.82, 2.24) is 10.2 Å². The van der Waals surface area contributed by atoms with Gasteiger partial charge in [-0.1, -0.05) is 0 Å². The highest BCUT2D eigenvalue weighted by Gasteiger charge is 2.20. The van der Waals surface area contributed by atoms with E-state index in [-0.39, 0.29) is 11.1 Å². The number of ether oxygens (including phenoxy) is 1. The molecule has 3 nitrogen and oxygen atoms in total. The number of hydrogen-bond donors (Lipinski definition) is 1. The molecule has 0 radical (unpaired) electrons. The second-order valence-electron chi connectivity index (χ2n) is 5.94. The molecule has 0 spiro atoms. The molecule has 0 aromatic rings. The van der Waals surface area contributed by atoms with Gasteiger partial charge in [-0.3, -0.25) is 0 Å². The third-order valence-electron chi connectivity index (χ3n) is 2.57. The number of nitrogens with zero attached hydrogens (tertiary/aromatic N) is 1. The summed E-state index contributed by atoms with van der Waals surface area (Å²) in [6.07, 6.45) is 0. The lowest BCUT2D eigenvalue weighted by Gasteiger charge is -2.32. The summed E-state index contributed by atoms with van der Waals surface area (Å²) in [5, 5.41) is 3.40. The maximum atomic E-state index is 5.65. The lowest BCUT2D eigenvalue weighted by Crippen LogP contribution is -2.43. The lowest BCUT2D eigenvalue weighted by molar-refractivity contribution is 0.0360. The van der Waals surface area contributed by atoms with Gasteiger partial charge in [-0.25, -0.2) is 0 Å². The van der Waals surface area contributed by atoms with Crippen LogP contribution < -0.4 is 5.32 Å². The zero-order valence-corrected chi connectivity index (χ0v) is 11.5. The van der Waals surface area contributed by atoms with E-state index < -0.39 is 0 Å². The molecule has 92 valence electrons. The highest BCUT2D eigenvalue weighted by atomic mass is 16.5. The third-order valence-corrected chi connectivity index (χ3v) is 2.57. The molecule has 0 atom stereocenters. The second-order valence-corrected chi connectivity index (χ2v) is 5.94. The van der Waals surface area contributed by atoms with Crippen molar-refractivity contribution >= 4 is 0 Å². The SMILES string of the molecule is CN(C)C(C)(C)COCCNC(C)(C)C. The Bertz CT molecular complexity index is 171. The van der Waals surface area contributed by atoms with Gasteiger partial charge in [0.25, 0.3) is 0 Å². The Morgan fingerprint density at radius 1 is 1.07 bits per heavy atom. The van der Waals surface area contributed by atoms with Crippen molar-refractivity contribution < 1.29 is 4.74 Å². The van der Waals surface area contributed by atoms with E-state index in [1.165, 1.54) is 0 Å². The van der Waals surface area contributed by atoms with Crippen LogP contribution in [0.4, 0.5) is 0 Å². The van der Waals surface area contributed by atoms with Crippen LogP contribution in [0.5, 0.6) is 0 Å². The van der Waals surface area contributed by atoms with Crippen LogP contribution >= 0.6 is 0 Å². The zero-order chi connectivity index (χ0) is 12.1. The van der Waals surface area contributed by atoms with Crippen molar-refractivity contribution in [2.75, 3.05) is 33.9 Å². The predicted molar refractivity (Wildman–Crippen MR) is 66.3 cm³/mol.